The Morgan fingerprint density at radius 3 is 2.38 bits per heavy atom. The van der Waals surface area contributed by atoms with Crippen LogP contribution in [0.15, 0.2) is 30.3 Å². The molecule has 0 saturated heterocycles. The van der Waals surface area contributed by atoms with E-state index in [1.165, 1.54) is 12.8 Å². The fourth-order valence-corrected chi connectivity index (χ4v) is 1.59. The smallest absolute Gasteiger partial charge is 0.0748 e. The quantitative estimate of drug-likeness (QED) is 0.485. The summed E-state index contributed by atoms with van der Waals surface area (Å²) in [5, 5.41) is 2.01. The molecule has 0 radical (unpaired) electrons. The van der Waals surface area contributed by atoms with Crippen molar-refractivity contribution in [2.75, 3.05) is 18.2 Å². The molecule has 1 aromatic rings. The zero-order chi connectivity index (χ0) is 11.6. The van der Waals surface area contributed by atoms with Gasteiger partial charge in [-0.25, -0.2) is 0 Å². The van der Waals surface area contributed by atoms with E-state index in [0.717, 1.165) is 31.7 Å². The van der Waals surface area contributed by atoms with Crippen molar-refractivity contribution in [1.29, 1.82) is 0 Å². The molecule has 1 rings (SSSR count). The molecule has 1 aromatic carbocycles. The van der Waals surface area contributed by atoms with Crippen LogP contribution in [0.5, 0.6) is 0 Å². The molecule has 0 heterocycles. The molecule has 2 heteroatoms. The lowest BCUT2D eigenvalue weighted by molar-refractivity contribution is 0.104. The summed E-state index contributed by atoms with van der Waals surface area (Å²) in [6.45, 7) is 6.16. The van der Waals surface area contributed by atoms with Crippen LogP contribution >= 0.6 is 0 Å². The van der Waals surface area contributed by atoms with Gasteiger partial charge >= 0.3 is 0 Å². The first kappa shape index (κ1) is 13.0. The van der Waals surface area contributed by atoms with Gasteiger partial charge in [-0.05, 0) is 25.0 Å². The molecule has 16 heavy (non-hydrogen) atoms. The first-order chi connectivity index (χ1) is 7.88. The van der Waals surface area contributed by atoms with E-state index in [-0.39, 0.29) is 0 Å². The normalized spacial score (nSPS) is 10.4. The van der Waals surface area contributed by atoms with Gasteiger partial charge in [-0.1, -0.05) is 44.9 Å². The highest BCUT2D eigenvalue weighted by atomic mass is 16.7. The lowest BCUT2D eigenvalue weighted by Crippen LogP contribution is -2.24. The van der Waals surface area contributed by atoms with Gasteiger partial charge in [-0.15, -0.1) is 0 Å². The van der Waals surface area contributed by atoms with Crippen molar-refractivity contribution in [3.8, 4) is 0 Å². The minimum atomic E-state index is 0.822. The minimum Gasteiger partial charge on any atom is -0.273 e. The van der Waals surface area contributed by atoms with Gasteiger partial charge in [0.05, 0.1) is 12.3 Å². The Kier molecular flexibility index (Phi) is 6.66. The average Bonchev–Trinajstić information content (AvgIpc) is 2.34. The molecule has 0 aliphatic heterocycles. The average molecular weight is 221 g/mol. The van der Waals surface area contributed by atoms with Crippen LogP contribution in [0.1, 0.15) is 39.5 Å². The van der Waals surface area contributed by atoms with Crippen molar-refractivity contribution in [2.45, 2.75) is 39.5 Å². The fraction of sp³-hybridized carbons (Fsp3) is 0.571. The summed E-state index contributed by atoms with van der Waals surface area (Å²) in [5.74, 6) is 0. The van der Waals surface area contributed by atoms with Crippen LogP contribution in [0.4, 0.5) is 5.69 Å². The molecule has 0 saturated carbocycles. The van der Waals surface area contributed by atoms with Gasteiger partial charge in [0.1, 0.15) is 0 Å². The summed E-state index contributed by atoms with van der Waals surface area (Å²) in [5.41, 5.74) is 1.15. The van der Waals surface area contributed by atoms with Gasteiger partial charge in [0, 0.05) is 6.54 Å². The van der Waals surface area contributed by atoms with Gasteiger partial charge in [0.2, 0.25) is 0 Å². The Morgan fingerprint density at radius 1 is 1.00 bits per heavy atom. The lowest BCUT2D eigenvalue weighted by atomic mass is 10.3. The second kappa shape index (κ2) is 8.17. The summed E-state index contributed by atoms with van der Waals surface area (Å²) < 4.78 is 0. The number of unbranched alkanes of at least 4 members (excludes halogenated alkanes) is 2. The van der Waals surface area contributed by atoms with E-state index >= 15 is 0 Å². The zero-order valence-corrected chi connectivity index (χ0v) is 10.5. The number of hydrogen-bond acceptors (Lipinski definition) is 2. The topological polar surface area (TPSA) is 12.5 Å². The van der Waals surface area contributed by atoms with Gasteiger partial charge < -0.3 is 0 Å². The molecule has 0 N–H and O–H groups in total. The number of benzene rings is 1. The van der Waals surface area contributed by atoms with Crippen LogP contribution in [0, 0.1) is 0 Å². The highest BCUT2D eigenvalue weighted by Gasteiger charge is 2.04. The number of hydroxylamine groups is 1. The van der Waals surface area contributed by atoms with E-state index in [4.69, 9.17) is 4.84 Å². The molecule has 0 fully saturated rings. The molecular weight excluding hydrogens is 198 g/mol. The highest BCUT2D eigenvalue weighted by molar-refractivity contribution is 5.43. The van der Waals surface area contributed by atoms with Gasteiger partial charge in [0.25, 0.3) is 0 Å². The van der Waals surface area contributed by atoms with Gasteiger partial charge in [0.15, 0.2) is 0 Å². The molecule has 0 aliphatic rings. The monoisotopic (exact) mass is 221 g/mol. The predicted molar refractivity (Wildman–Crippen MR) is 69.6 cm³/mol. The molecular formula is C14H23NO. The third-order valence-corrected chi connectivity index (χ3v) is 2.47. The van der Waals surface area contributed by atoms with Crippen molar-refractivity contribution in [3.63, 3.8) is 0 Å². The molecule has 0 atom stereocenters. The third kappa shape index (κ3) is 4.67. The predicted octanol–water partition coefficient (Wildman–Crippen LogP) is 4.02. The van der Waals surface area contributed by atoms with E-state index < -0.39 is 0 Å². The van der Waals surface area contributed by atoms with E-state index in [2.05, 4.69) is 26.0 Å². The van der Waals surface area contributed by atoms with Crippen molar-refractivity contribution in [2.24, 2.45) is 0 Å². The number of nitrogens with zero attached hydrogens (tertiary/aromatic N) is 1. The summed E-state index contributed by atoms with van der Waals surface area (Å²) in [7, 11) is 0. The summed E-state index contributed by atoms with van der Waals surface area (Å²) in [4.78, 5) is 5.80. The summed E-state index contributed by atoms with van der Waals surface area (Å²) in [6.07, 6.45) is 4.73. The Morgan fingerprint density at radius 2 is 1.75 bits per heavy atom. The van der Waals surface area contributed by atoms with Crippen LogP contribution in [0.2, 0.25) is 0 Å². The van der Waals surface area contributed by atoms with Crippen LogP contribution < -0.4 is 5.06 Å². The lowest BCUT2D eigenvalue weighted by Gasteiger charge is -2.23. The first-order valence-corrected chi connectivity index (χ1v) is 6.34. The van der Waals surface area contributed by atoms with Crippen LogP contribution in [-0.4, -0.2) is 13.2 Å². The molecule has 0 bridgehead atoms. The van der Waals surface area contributed by atoms with Crippen molar-refractivity contribution >= 4 is 5.69 Å². The SMILES string of the molecule is CCCCCON(CCC)c1ccccc1. The molecule has 0 aromatic heterocycles. The maximum Gasteiger partial charge on any atom is 0.0748 e. The molecule has 0 spiro atoms. The molecule has 0 unspecified atom stereocenters. The van der Waals surface area contributed by atoms with Crippen molar-refractivity contribution < 1.29 is 4.84 Å². The number of para-hydroxylation sites is 1. The van der Waals surface area contributed by atoms with Crippen LogP contribution in [0.25, 0.3) is 0 Å². The molecule has 0 amide bonds. The van der Waals surface area contributed by atoms with Crippen LogP contribution in [-0.2, 0) is 4.84 Å². The van der Waals surface area contributed by atoms with E-state index in [0.29, 0.717) is 0 Å². The third-order valence-electron chi connectivity index (χ3n) is 2.47. The maximum absolute atomic E-state index is 5.80. The molecule has 0 aliphatic carbocycles. The second-order valence-electron chi connectivity index (χ2n) is 3.98. The fourth-order valence-electron chi connectivity index (χ4n) is 1.59. The number of anilines is 1. The first-order valence-electron chi connectivity index (χ1n) is 6.34. The molecule has 90 valence electrons. The van der Waals surface area contributed by atoms with E-state index in [9.17, 15) is 0 Å². The van der Waals surface area contributed by atoms with E-state index in [1.54, 1.807) is 0 Å². The Balaban J connectivity index is 2.41. The summed E-state index contributed by atoms with van der Waals surface area (Å²) in [6, 6.07) is 10.3. The molecule has 2 nitrogen and oxygen atoms in total. The van der Waals surface area contributed by atoms with Crippen LogP contribution in [0.3, 0.4) is 0 Å². The van der Waals surface area contributed by atoms with Crippen molar-refractivity contribution in [3.05, 3.63) is 30.3 Å². The maximum atomic E-state index is 5.80. The number of hydrogen-bond donors (Lipinski definition) is 0. The minimum absolute atomic E-state index is 0.822. The Labute approximate surface area is 99.2 Å². The largest absolute Gasteiger partial charge is 0.273 e. The standard InChI is InChI=1S/C14H23NO/c1-3-5-9-13-16-15(12-4-2)14-10-7-6-8-11-14/h6-8,10-11H,3-5,9,12-13H2,1-2H3. The van der Waals surface area contributed by atoms with E-state index in [1.807, 2.05) is 23.3 Å². The Hall–Kier alpha value is -1.02. The van der Waals surface area contributed by atoms with Crippen molar-refractivity contribution in [1.82, 2.24) is 0 Å². The number of rotatable bonds is 8. The summed E-state index contributed by atoms with van der Waals surface area (Å²) >= 11 is 0. The zero-order valence-electron chi connectivity index (χ0n) is 10.5. The second-order valence-corrected chi connectivity index (χ2v) is 3.98. The van der Waals surface area contributed by atoms with Gasteiger partial charge in [-0.3, -0.25) is 9.90 Å². The van der Waals surface area contributed by atoms with Gasteiger partial charge in [-0.2, -0.15) is 0 Å². The highest BCUT2D eigenvalue weighted by Crippen LogP contribution is 2.14. The Bertz CT molecular complexity index is 261.